The van der Waals surface area contributed by atoms with Crippen molar-refractivity contribution in [1.82, 2.24) is 9.88 Å². The quantitative estimate of drug-likeness (QED) is 0.351. The smallest absolute Gasteiger partial charge is 0.269 e. The first kappa shape index (κ1) is 19.5. The van der Waals surface area contributed by atoms with Crippen molar-refractivity contribution in [1.29, 1.82) is 0 Å². The number of hydrogen-bond acceptors (Lipinski definition) is 5. The summed E-state index contributed by atoms with van der Waals surface area (Å²) in [5.74, 6) is 0. The molecule has 2 aromatic carbocycles. The summed E-state index contributed by atoms with van der Waals surface area (Å²) >= 11 is 0. The monoisotopic (exact) mass is 376 g/mol. The van der Waals surface area contributed by atoms with Crippen molar-refractivity contribution in [3.63, 3.8) is 0 Å². The Kier molecular flexibility index (Phi) is 6.34. The fourth-order valence-corrected chi connectivity index (χ4v) is 2.93. The third kappa shape index (κ3) is 5.14. The highest BCUT2D eigenvalue weighted by Crippen LogP contribution is 2.24. The first-order valence-corrected chi connectivity index (χ1v) is 9.24. The van der Waals surface area contributed by atoms with E-state index >= 15 is 0 Å². The van der Waals surface area contributed by atoms with Crippen LogP contribution in [0, 0.1) is 10.1 Å². The molecule has 3 aromatic rings. The molecule has 1 heterocycles. The van der Waals surface area contributed by atoms with Crippen molar-refractivity contribution in [2.45, 2.75) is 6.42 Å². The molecule has 0 radical (unpaired) electrons. The predicted octanol–water partition coefficient (Wildman–Crippen LogP) is 4.68. The molecule has 0 amide bonds. The number of nitro groups is 1. The van der Waals surface area contributed by atoms with E-state index in [4.69, 9.17) is 4.98 Å². The van der Waals surface area contributed by atoms with E-state index < -0.39 is 4.92 Å². The first-order valence-electron chi connectivity index (χ1n) is 9.24. The summed E-state index contributed by atoms with van der Waals surface area (Å²) in [4.78, 5) is 17.3. The summed E-state index contributed by atoms with van der Waals surface area (Å²) in [6, 6.07) is 16.6. The Morgan fingerprint density at radius 2 is 1.86 bits per heavy atom. The lowest BCUT2D eigenvalue weighted by molar-refractivity contribution is -0.384. The lowest BCUT2D eigenvalue weighted by Gasteiger charge is -2.13. The van der Waals surface area contributed by atoms with E-state index in [1.807, 2.05) is 36.4 Å². The highest BCUT2D eigenvalue weighted by molar-refractivity contribution is 5.92. The molecule has 1 aromatic heterocycles. The summed E-state index contributed by atoms with van der Waals surface area (Å²) in [7, 11) is 4.14. The first-order chi connectivity index (χ1) is 13.5. The van der Waals surface area contributed by atoms with Crippen LogP contribution in [0.4, 0.5) is 11.4 Å². The molecule has 0 saturated heterocycles. The molecule has 0 aliphatic heterocycles. The largest absolute Gasteiger partial charge is 0.384 e. The van der Waals surface area contributed by atoms with Crippen LogP contribution < -0.4 is 5.32 Å². The number of pyridine rings is 1. The number of fused-ring (bicyclic) bond motifs is 1. The van der Waals surface area contributed by atoms with Crippen molar-refractivity contribution < 1.29 is 4.92 Å². The van der Waals surface area contributed by atoms with E-state index in [2.05, 4.69) is 30.4 Å². The highest BCUT2D eigenvalue weighted by atomic mass is 16.6. The zero-order valence-electron chi connectivity index (χ0n) is 16.1. The minimum absolute atomic E-state index is 0.0881. The maximum Gasteiger partial charge on any atom is 0.269 e. The third-order valence-corrected chi connectivity index (χ3v) is 4.38. The number of benzene rings is 2. The van der Waals surface area contributed by atoms with Crippen LogP contribution in [0.5, 0.6) is 0 Å². The van der Waals surface area contributed by atoms with Crippen molar-refractivity contribution in [2.75, 3.05) is 32.5 Å². The van der Waals surface area contributed by atoms with Gasteiger partial charge >= 0.3 is 0 Å². The number of non-ortho nitro benzene ring substituents is 1. The molecule has 1 N–H and O–H groups in total. The number of nitro benzene ring substituents is 1. The number of para-hydroxylation sites is 1. The van der Waals surface area contributed by atoms with Gasteiger partial charge in [-0.15, -0.1) is 0 Å². The van der Waals surface area contributed by atoms with E-state index in [0.717, 1.165) is 47.4 Å². The van der Waals surface area contributed by atoms with Gasteiger partial charge < -0.3 is 10.2 Å². The van der Waals surface area contributed by atoms with Crippen molar-refractivity contribution in [2.24, 2.45) is 0 Å². The van der Waals surface area contributed by atoms with E-state index in [0.29, 0.717) is 0 Å². The Morgan fingerprint density at radius 1 is 1.11 bits per heavy atom. The molecule has 6 nitrogen and oxygen atoms in total. The Hall–Kier alpha value is -3.25. The topological polar surface area (TPSA) is 71.3 Å². The van der Waals surface area contributed by atoms with E-state index in [-0.39, 0.29) is 5.69 Å². The molecule has 28 heavy (non-hydrogen) atoms. The fourth-order valence-electron chi connectivity index (χ4n) is 2.93. The maximum atomic E-state index is 10.8. The highest BCUT2D eigenvalue weighted by Gasteiger charge is 2.05. The lowest BCUT2D eigenvalue weighted by atomic mass is 10.1. The fraction of sp³-hybridized carbons (Fsp3) is 0.227. The molecule has 3 rings (SSSR count). The van der Waals surface area contributed by atoms with Crippen molar-refractivity contribution >= 4 is 34.4 Å². The van der Waals surface area contributed by atoms with Crippen LogP contribution in [0.25, 0.3) is 23.1 Å². The van der Waals surface area contributed by atoms with Crippen LogP contribution in [0.3, 0.4) is 0 Å². The number of nitrogens with one attached hydrogen (secondary N) is 1. The van der Waals surface area contributed by atoms with Gasteiger partial charge in [-0.3, -0.25) is 10.1 Å². The number of hydrogen-bond donors (Lipinski definition) is 1. The third-order valence-electron chi connectivity index (χ3n) is 4.38. The molecule has 0 saturated carbocycles. The maximum absolute atomic E-state index is 10.8. The van der Waals surface area contributed by atoms with Gasteiger partial charge in [0.2, 0.25) is 0 Å². The summed E-state index contributed by atoms with van der Waals surface area (Å²) in [6.45, 7) is 1.92. The lowest BCUT2D eigenvalue weighted by Crippen LogP contribution is -2.16. The van der Waals surface area contributed by atoms with Gasteiger partial charge in [0.1, 0.15) is 0 Å². The molecular weight excluding hydrogens is 352 g/mol. The molecule has 0 aliphatic carbocycles. The van der Waals surface area contributed by atoms with Crippen LogP contribution in [0.15, 0.2) is 54.6 Å². The van der Waals surface area contributed by atoms with Gasteiger partial charge in [-0.25, -0.2) is 4.98 Å². The van der Waals surface area contributed by atoms with E-state index in [9.17, 15) is 10.1 Å². The van der Waals surface area contributed by atoms with Crippen LogP contribution in [-0.4, -0.2) is 42.0 Å². The number of anilines is 1. The number of rotatable bonds is 8. The predicted molar refractivity (Wildman–Crippen MR) is 115 cm³/mol. The van der Waals surface area contributed by atoms with Gasteiger partial charge in [0.05, 0.1) is 16.1 Å². The summed E-state index contributed by atoms with van der Waals surface area (Å²) < 4.78 is 0. The molecule has 0 atom stereocenters. The molecule has 0 fully saturated rings. The standard InChI is InChI=1S/C22H24N4O2/c1-25(2)15-5-14-23-22-16-18(24-21-7-4-3-6-20(21)22)11-8-17-9-12-19(13-10-17)26(27)28/h3-4,6-13,16H,5,14-15H2,1-2H3,(H,23,24). The van der Waals surface area contributed by atoms with Crippen LogP contribution in [0.2, 0.25) is 0 Å². The molecule has 0 aliphatic rings. The van der Waals surface area contributed by atoms with Gasteiger partial charge in [0, 0.05) is 29.8 Å². The Morgan fingerprint density at radius 3 is 2.57 bits per heavy atom. The molecular formula is C22H24N4O2. The average molecular weight is 376 g/mol. The van der Waals surface area contributed by atoms with Gasteiger partial charge in [0.15, 0.2) is 0 Å². The van der Waals surface area contributed by atoms with E-state index in [1.54, 1.807) is 12.1 Å². The van der Waals surface area contributed by atoms with Crippen LogP contribution in [-0.2, 0) is 0 Å². The van der Waals surface area contributed by atoms with Crippen LogP contribution >= 0.6 is 0 Å². The average Bonchev–Trinajstić information content (AvgIpc) is 2.69. The van der Waals surface area contributed by atoms with E-state index in [1.165, 1.54) is 12.1 Å². The SMILES string of the molecule is CN(C)CCCNc1cc(C=Cc2ccc([N+](=O)[O-])cc2)nc2ccccc12. The minimum Gasteiger partial charge on any atom is -0.384 e. The van der Waals surface area contributed by atoms with Gasteiger partial charge in [-0.2, -0.15) is 0 Å². The van der Waals surface area contributed by atoms with Crippen molar-refractivity contribution in [3.05, 3.63) is 76.0 Å². The Balaban J connectivity index is 1.81. The molecule has 0 bridgehead atoms. The van der Waals surface area contributed by atoms with Crippen LogP contribution in [0.1, 0.15) is 17.7 Å². The Labute approximate surface area is 164 Å². The second-order valence-corrected chi connectivity index (χ2v) is 6.88. The molecule has 144 valence electrons. The number of nitrogens with zero attached hydrogens (tertiary/aromatic N) is 3. The molecule has 6 heteroatoms. The second kappa shape index (κ2) is 9.10. The van der Waals surface area contributed by atoms with Gasteiger partial charge in [0.25, 0.3) is 5.69 Å². The summed E-state index contributed by atoms with van der Waals surface area (Å²) in [6.07, 6.45) is 4.90. The summed E-state index contributed by atoms with van der Waals surface area (Å²) in [5.41, 5.74) is 3.81. The molecule has 0 spiro atoms. The normalized spacial score (nSPS) is 11.4. The second-order valence-electron chi connectivity index (χ2n) is 6.88. The van der Waals surface area contributed by atoms with Crippen molar-refractivity contribution in [3.8, 4) is 0 Å². The Bertz CT molecular complexity index is 981. The van der Waals surface area contributed by atoms with Gasteiger partial charge in [-0.1, -0.05) is 24.3 Å². The zero-order chi connectivity index (χ0) is 19.9. The number of aromatic nitrogens is 1. The minimum atomic E-state index is -0.396. The molecule has 0 unspecified atom stereocenters. The summed E-state index contributed by atoms with van der Waals surface area (Å²) in [5, 5.41) is 15.4. The van der Waals surface area contributed by atoms with Gasteiger partial charge in [-0.05, 0) is 63.0 Å². The zero-order valence-corrected chi connectivity index (χ0v) is 16.1.